The molecule has 5 heteroatoms. The largest absolute Gasteiger partial charge is 0.478 e. The van der Waals surface area contributed by atoms with Crippen LogP contribution in [0, 0.1) is 0 Å². The number of carbonyl (C=O) groups is 1. The third kappa shape index (κ3) is 1.94. The number of aromatic carboxylic acids is 1. The van der Waals surface area contributed by atoms with E-state index in [1.165, 1.54) is 24.3 Å². The summed E-state index contributed by atoms with van der Waals surface area (Å²) in [4.78, 5) is 18.7. The van der Waals surface area contributed by atoms with Crippen LogP contribution >= 0.6 is 0 Å². The molecule has 0 aliphatic rings. The van der Waals surface area contributed by atoms with Gasteiger partial charge in [-0.25, -0.2) is 4.79 Å². The number of nitrogens with two attached hydrogens (primary N) is 1. The van der Waals surface area contributed by atoms with Crippen LogP contribution in [0.15, 0.2) is 24.3 Å². The summed E-state index contributed by atoms with van der Waals surface area (Å²) in [5.74, 6) is 3.98. The molecule has 0 aliphatic carbocycles. The van der Waals surface area contributed by atoms with Crippen molar-refractivity contribution in [2.75, 3.05) is 0 Å². The van der Waals surface area contributed by atoms with Gasteiger partial charge in [-0.15, -0.1) is 0 Å². The number of hydrogen-bond donors (Lipinski definition) is 2. The number of carboxylic acid groups (broad SMARTS) is 1. The normalized spacial score (nSPS) is 9.42. The molecular formula is C7H7NO4. The smallest absolute Gasteiger partial charge is 0.335 e. The molecule has 12 heavy (non-hydrogen) atoms. The van der Waals surface area contributed by atoms with Gasteiger partial charge in [0.2, 0.25) is 0 Å². The first-order valence-electron chi connectivity index (χ1n) is 3.11. The summed E-state index contributed by atoms with van der Waals surface area (Å²) in [5, 5.41) is 8.51. The van der Waals surface area contributed by atoms with Gasteiger partial charge in [-0.3, -0.25) is 0 Å². The highest BCUT2D eigenvalue weighted by atomic mass is 17.3. The second-order valence-electron chi connectivity index (χ2n) is 2.01. The molecule has 0 amide bonds. The minimum atomic E-state index is -0.991. The lowest BCUT2D eigenvalue weighted by molar-refractivity contribution is -0.211. The van der Waals surface area contributed by atoms with Crippen molar-refractivity contribution in [2.45, 2.75) is 0 Å². The summed E-state index contributed by atoms with van der Waals surface area (Å²) in [7, 11) is 0. The topological polar surface area (TPSA) is 81.8 Å². The van der Waals surface area contributed by atoms with Crippen LogP contribution in [0.3, 0.4) is 0 Å². The molecule has 3 N–H and O–H groups in total. The fraction of sp³-hybridized carbons (Fsp3) is 0. The van der Waals surface area contributed by atoms with Gasteiger partial charge in [-0.1, -0.05) is 4.99 Å². The lowest BCUT2D eigenvalue weighted by Crippen LogP contribution is -2.03. The summed E-state index contributed by atoms with van der Waals surface area (Å²) in [6.45, 7) is 0. The van der Waals surface area contributed by atoms with E-state index in [9.17, 15) is 4.79 Å². The molecule has 0 saturated carbocycles. The van der Waals surface area contributed by atoms with Crippen LogP contribution in [0.5, 0.6) is 5.75 Å². The SMILES string of the molecule is NOOc1ccc(C(=O)O)cc1. The molecule has 0 aromatic heterocycles. The van der Waals surface area contributed by atoms with Crippen molar-refractivity contribution in [3.05, 3.63) is 29.8 Å². The van der Waals surface area contributed by atoms with Crippen LogP contribution in [0.4, 0.5) is 0 Å². The van der Waals surface area contributed by atoms with E-state index in [2.05, 4.69) is 15.8 Å². The molecule has 0 unspecified atom stereocenters. The highest BCUT2D eigenvalue weighted by Gasteiger charge is 2.01. The van der Waals surface area contributed by atoms with Crippen molar-refractivity contribution in [3.8, 4) is 5.75 Å². The number of carboxylic acids is 1. The maximum absolute atomic E-state index is 10.4. The van der Waals surface area contributed by atoms with Crippen LogP contribution < -0.4 is 10.8 Å². The van der Waals surface area contributed by atoms with E-state index >= 15 is 0 Å². The van der Waals surface area contributed by atoms with E-state index in [0.717, 1.165) is 0 Å². The molecule has 0 bridgehead atoms. The zero-order valence-corrected chi connectivity index (χ0v) is 6.06. The third-order valence-corrected chi connectivity index (χ3v) is 1.25. The fourth-order valence-electron chi connectivity index (χ4n) is 0.709. The van der Waals surface area contributed by atoms with E-state index in [1.807, 2.05) is 0 Å². The van der Waals surface area contributed by atoms with Gasteiger partial charge in [-0.2, -0.15) is 5.90 Å². The molecule has 1 aromatic carbocycles. The van der Waals surface area contributed by atoms with Crippen molar-refractivity contribution in [3.63, 3.8) is 0 Å². The summed E-state index contributed by atoms with van der Waals surface area (Å²) in [6.07, 6.45) is 0. The zero-order valence-electron chi connectivity index (χ0n) is 6.06. The third-order valence-electron chi connectivity index (χ3n) is 1.25. The molecule has 64 valence electrons. The Morgan fingerprint density at radius 2 is 1.92 bits per heavy atom. The number of benzene rings is 1. The predicted molar refractivity (Wildman–Crippen MR) is 39.3 cm³/mol. The predicted octanol–water partition coefficient (Wildman–Crippen LogP) is 0.569. The van der Waals surface area contributed by atoms with Crippen LogP contribution in [-0.4, -0.2) is 11.1 Å². The van der Waals surface area contributed by atoms with Crippen molar-refractivity contribution in [1.82, 2.24) is 0 Å². The van der Waals surface area contributed by atoms with Crippen molar-refractivity contribution < 1.29 is 19.8 Å². The van der Waals surface area contributed by atoms with Crippen molar-refractivity contribution in [1.29, 1.82) is 0 Å². The average molecular weight is 169 g/mol. The van der Waals surface area contributed by atoms with E-state index in [0.29, 0.717) is 5.75 Å². The van der Waals surface area contributed by atoms with Crippen LogP contribution in [0.25, 0.3) is 0 Å². The first-order valence-corrected chi connectivity index (χ1v) is 3.11. The maximum Gasteiger partial charge on any atom is 0.335 e. The van der Waals surface area contributed by atoms with E-state index in [4.69, 9.17) is 5.11 Å². The zero-order chi connectivity index (χ0) is 8.97. The Morgan fingerprint density at radius 3 is 2.33 bits per heavy atom. The van der Waals surface area contributed by atoms with Gasteiger partial charge >= 0.3 is 5.97 Å². The molecular weight excluding hydrogens is 162 g/mol. The van der Waals surface area contributed by atoms with Gasteiger partial charge in [0.1, 0.15) is 0 Å². The molecule has 5 nitrogen and oxygen atoms in total. The Kier molecular flexibility index (Phi) is 2.62. The first-order chi connectivity index (χ1) is 5.74. The Bertz CT molecular complexity index is 269. The summed E-state index contributed by atoms with van der Waals surface area (Å²) in [5.41, 5.74) is 0.180. The molecule has 0 radical (unpaired) electrons. The van der Waals surface area contributed by atoms with E-state index < -0.39 is 5.97 Å². The fourth-order valence-corrected chi connectivity index (χ4v) is 0.709. The summed E-state index contributed by atoms with van der Waals surface area (Å²) in [6, 6.07) is 5.65. The highest BCUT2D eigenvalue weighted by molar-refractivity contribution is 5.87. The van der Waals surface area contributed by atoms with Gasteiger partial charge in [0.05, 0.1) is 5.56 Å². The lowest BCUT2D eigenvalue weighted by atomic mass is 10.2. The maximum atomic E-state index is 10.4. The Morgan fingerprint density at radius 1 is 1.33 bits per heavy atom. The first kappa shape index (κ1) is 8.51. The highest BCUT2D eigenvalue weighted by Crippen LogP contribution is 2.11. The van der Waals surface area contributed by atoms with Gasteiger partial charge in [0.15, 0.2) is 5.75 Å². The van der Waals surface area contributed by atoms with Gasteiger partial charge in [0.25, 0.3) is 0 Å². The molecule has 0 atom stereocenters. The van der Waals surface area contributed by atoms with Gasteiger partial charge < -0.3 is 9.99 Å². The Hall–Kier alpha value is -1.59. The van der Waals surface area contributed by atoms with Crippen LogP contribution in [-0.2, 0) is 4.99 Å². The molecule has 0 spiro atoms. The lowest BCUT2D eigenvalue weighted by Gasteiger charge is -1.98. The van der Waals surface area contributed by atoms with Crippen LogP contribution in [0.2, 0.25) is 0 Å². The van der Waals surface area contributed by atoms with E-state index in [1.54, 1.807) is 0 Å². The second-order valence-corrected chi connectivity index (χ2v) is 2.01. The van der Waals surface area contributed by atoms with Crippen molar-refractivity contribution >= 4 is 5.97 Å². The van der Waals surface area contributed by atoms with Crippen LogP contribution in [0.1, 0.15) is 10.4 Å². The second kappa shape index (κ2) is 3.70. The summed E-state index contributed by atoms with van der Waals surface area (Å²) >= 11 is 0. The molecule has 0 saturated heterocycles. The van der Waals surface area contributed by atoms with Crippen molar-refractivity contribution in [2.24, 2.45) is 5.90 Å². The van der Waals surface area contributed by atoms with Gasteiger partial charge in [0, 0.05) is 0 Å². The van der Waals surface area contributed by atoms with E-state index in [-0.39, 0.29) is 5.56 Å². The minimum Gasteiger partial charge on any atom is -0.478 e. The van der Waals surface area contributed by atoms with Gasteiger partial charge in [-0.05, 0) is 24.3 Å². The standard InChI is InChI=1S/C7H7NO4/c8-12-11-6-3-1-5(2-4-6)7(9)10/h1-4H,8H2,(H,9,10). The summed E-state index contributed by atoms with van der Waals surface area (Å²) < 4.78 is 0. The molecule has 1 rings (SSSR count). The Labute approximate surface area is 68.2 Å². The molecule has 0 aliphatic heterocycles. The number of rotatable bonds is 3. The minimum absolute atomic E-state index is 0.180. The Balaban J connectivity index is 2.78. The quantitative estimate of drug-likeness (QED) is 0.510. The number of hydrogen-bond acceptors (Lipinski definition) is 4. The molecule has 0 heterocycles. The monoisotopic (exact) mass is 169 g/mol. The average Bonchev–Trinajstić information content (AvgIpc) is 2.06. The molecule has 1 aromatic rings. The molecule has 0 fully saturated rings.